The summed E-state index contributed by atoms with van der Waals surface area (Å²) in [6.45, 7) is 4.64. The van der Waals surface area contributed by atoms with Gasteiger partial charge >= 0.3 is 0 Å². The summed E-state index contributed by atoms with van der Waals surface area (Å²) in [5, 5.41) is 2.84. The van der Waals surface area contributed by atoms with Gasteiger partial charge in [0.15, 0.2) is 0 Å². The lowest BCUT2D eigenvalue weighted by Gasteiger charge is -2.31. The molecule has 0 aliphatic carbocycles. The van der Waals surface area contributed by atoms with Crippen molar-refractivity contribution in [1.82, 2.24) is 9.62 Å². The third kappa shape index (κ3) is 3.98. The van der Waals surface area contributed by atoms with Gasteiger partial charge in [-0.1, -0.05) is 6.07 Å². The van der Waals surface area contributed by atoms with Crippen LogP contribution in [0.3, 0.4) is 0 Å². The summed E-state index contributed by atoms with van der Waals surface area (Å²) in [5.41, 5.74) is 0. The molecule has 0 bridgehead atoms. The maximum atomic E-state index is 12.7. The van der Waals surface area contributed by atoms with Crippen LogP contribution >= 0.6 is 0 Å². The molecule has 1 amide bonds. The maximum absolute atomic E-state index is 12.7. The van der Waals surface area contributed by atoms with Gasteiger partial charge in [-0.3, -0.25) is 4.79 Å². The zero-order valence-electron chi connectivity index (χ0n) is 12.9. The summed E-state index contributed by atoms with van der Waals surface area (Å²) in [6.07, 6.45) is 1.26. The predicted octanol–water partition coefficient (Wildman–Crippen LogP) is 1.37. The molecule has 6 nitrogen and oxygen atoms in total. The molecular formula is C15H22N2O4S. The number of nitrogens with zero attached hydrogens (tertiary/aromatic N) is 1. The smallest absolute Gasteiger partial charge is 0.243 e. The molecule has 0 spiro atoms. The van der Waals surface area contributed by atoms with E-state index < -0.39 is 10.0 Å². The summed E-state index contributed by atoms with van der Waals surface area (Å²) in [5.74, 6) is 0.474. The SMILES string of the molecule is CCOc1cccc(S(=O)(=O)N2CCC(NC(C)=O)CC2)c1. The van der Waals surface area contributed by atoms with Crippen LogP contribution in [0.4, 0.5) is 0 Å². The van der Waals surface area contributed by atoms with Gasteiger partial charge in [0.05, 0.1) is 11.5 Å². The Hall–Kier alpha value is -1.60. The first-order valence-corrected chi connectivity index (χ1v) is 8.87. The number of carbonyl (C=O) groups excluding carboxylic acids is 1. The fraction of sp³-hybridized carbons (Fsp3) is 0.533. The van der Waals surface area contributed by atoms with E-state index in [-0.39, 0.29) is 16.8 Å². The minimum atomic E-state index is -3.51. The van der Waals surface area contributed by atoms with Gasteiger partial charge in [-0.25, -0.2) is 8.42 Å². The zero-order chi connectivity index (χ0) is 16.2. The number of piperidine rings is 1. The van der Waals surface area contributed by atoms with Crippen LogP contribution in [0.15, 0.2) is 29.2 Å². The number of carbonyl (C=O) groups is 1. The molecule has 1 aliphatic rings. The zero-order valence-corrected chi connectivity index (χ0v) is 13.7. The second-order valence-electron chi connectivity index (χ2n) is 5.29. The van der Waals surface area contributed by atoms with Crippen molar-refractivity contribution in [2.75, 3.05) is 19.7 Å². The lowest BCUT2D eigenvalue weighted by Crippen LogP contribution is -2.45. The predicted molar refractivity (Wildman–Crippen MR) is 83.2 cm³/mol. The molecule has 2 rings (SSSR count). The average molecular weight is 326 g/mol. The topological polar surface area (TPSA) is 75.7 Å². The van der Waals surface area contributed by atoms with Crippen LogP contribution in [0, 0.1) is 0 Å². The molecule has 7 heteroatoms. The van der Waals surface area contributed by atoms with Crippen molar-refractivity contribution in [3.8, 4) is 5.75 Å². The molecule has 1 aromatic carbocycles. The highest BCUT2D eigenvalue weighted by atomic mass is 32.2. The van der Waals surface area contributed by atoms with Crippen LogP contribution in [-0.4, -0.2) is 44.4 Å². The van der Waals surface area contributed by atoms with Crippen molar-refractivity contribution in [3.63, 3.8) is 0 Å². The number of sulfonamides is 1. The molecular weight excluding hydrogens is 304 g/mol. The Labute approximate surface area is 131 Å². The van der Waals surface area contributed by atoms with E-state index in [0.29, 0.717) is 38.3 Å². The fourth-order valence-electron chi connectivity index (χ4n) is 2.57. The van der Waals surface area contributed by atoms with Gasteiger partial charge in [0, 0.05) is 32.1 Å². The normalized spacial score (nSPS) is 17.2. The van der Waals surface area contributed by atoms with Crippen LogP contribution in [-0.2, 0) is 14.8 Å². The van der Waals surface area contributed by atoms with Gasteiger partial charge in [-0.15, -0.1) is 0 Å². The molecule has 0 radical (unpaired) electrons. The van der Waals surface area contributed by atoms with E-state index in [1.807, 2.05) is 6.92 Å². The van der Waals surface area contributed by atoms with E-state index in [1.165, 1.54) is 11.2 Å². The number of amides is 1. The van der Waals surface area contributed by atoms with Gasteiger partial charge in [-0.2, -0.15) is 4.31 Å². The fourth-order valence-corrected chi connectivity index (χ4v) is 4.07. The first kappa shape index (κ1) is 16.8. The lowest BCUT2D eigenvalue weighted by molar-refractivity contribution is -0.119. The Balaban J connectivity index is 2.08. The summed E-state index contributed by atoms with van der Waals surface area (Å²) < 4.78 is 32.1. The van der Waals surface area contributed by atoms with Crippen LogP contribution in [0.5, 0.6) is 5.75 Å². The van der Waals surface area contributed by atoms with Crippen molar-refractivity contribution < 1.29 is 17.9 Å². The number of benzene rings is 1. The summed E-state index contributed by atoms with van der Waals surface area (Å²) in [7, 11) is -3.51. The molecule has 122 valence electrons. The van der Waals surface area contributed by atoms with E-state index in [4.69, 9.17) is 4.74 Å². The highest BCUT2D eigenvalue weighted by Gasteiger charge is 2.29. The van der Waals surface area contributed by atoms with Crippen LogP contribution in [0.1, 0.15) is 26.7 Å². The van der Waals surface area contributed by atoms with E-state index in [9.17, 15) is 13.2 Å². The van der Waals surface area contributed by atoms with Crippen molar-refractivity contribution in [2.45, 2.75) is 37.6 Å². The Morgan fingerprint density at radius 1 is 1.36 bits per heavy atom. The molecule has 1 aliphatic heterocycles. The Kier molecular flexibility index (Phi) is 5.42. The molecule has 0 saturated carbocycles. The van der Waals surface area contributed by atoms with Gasteiger partial charge in [0.2, 0.25) is 15.9 Å². The number of nitrogens with one attached hydrogen (secondary N) is 1. The number of rotatable bonds is 5. The highest BCUT2D eigenvalue weighted by Crippen LogP contribution is 2.24. The number of ether oxygens (including phenoxy) is 1. The molecule has 1 heterocycles. The van der Waals surface area contributed by atoms with E-state index in [0.717, 1.165) is 0 Å². The minimum absolute atomic E-state index is 0.0544. The minimum Gasteiger partial charge on any atom is -0.494 e. The van der Waals surface area contributed by atoms with Crippen molar-refractivity contribution >= 4 is 15.9 Å². The van der Waals surface area contributed by atoms with Crippen molar-refractivity contribution in [1.29, 1.82) is 0 Å². The van der Waals surface area contributed by atoms with Crippen LogP contribution in [0.2, 0.25) is 0 Å². The summed E-state index contributed by atoms with van der Waals surface area (Å²) in [6, 6.07) is 6.61. The molecule has 1 saturated heterocycles. The number of hydrogen-bond donors (Lipinski definition) is 1. The van der Waals surface area contributed by atoms with Gasteiger partial charge in [-0.05, 0) is 31.9 Å². The molecule has 1 fully saturated rings. The molecule has 22 heavy (non-hydrogen) atoms. The third-order valence-corrected chi connectivity index (χ3v) is 5.51. The summed E-state index contributed by atoms with van der Waals surface area (Å²) >= 11 is 0. The molecule has 0 aromatic heterocycles. The van der Waals surface area contributed by atoms with Crippen molar-refractivity contribution in [3.05, 3.63) is 24.3 Å². The molecule has 1 N–H and O–H groups in total. The van der Waals surface area contributed by atoms with Gasteiger partial charge in [0.25, 0.3) is 0 Å². The van der Waals surface area contributed by atoms with Crippen LogP contribution in [0.25, 0.3) is 0 Å². The molecule has 1 aromatic rings. The number of hydrogen-bond acceptors (Lipinski definition) is 4. The van der Waals surface area contributed by atoms with Gasteiger partial charge < -0.3 is 10.1 Å². The van der Waals surface area contributed by atoms with E-state index in [2.05, 4.69) is 5.32 Å². The Morgan fingerprint density at radius 2 is 2.05 bits per heavy atom. The largest absolute Gasteiger partial charge is 0.494 e. The second kappa shape index (κ2) is 7.11. The standard InChI is InChI=1S/C15H22N2O4S/c1-3-21-14-5-4-6-15(11-14)22(19,20)17-9-7-13(8-10-17)16-12(2)18/h4-6,11,13H,3,7-10H2,1-2H3,(H,16,18). The molecule has 0 atom stereocenters. The highest BCUT2D eigenvalue weighted by molar-refractivity contribution is 7.89. The van der Waals surface area contributed by atoms with E-state index >= 15 is 0 Å². The monoisotopic (exact) mass is 326 g/mol. The maximum Gasteiger partial charge on any atom is 0.243 e. The summed E-state index contributed by atoms with van der Waals surface area (Å²) in [4.78, 5) is 11.3. The van der Waals surface area contributed by atoms with E-state index in [1.54, 1.807) is 24.3 Å². The lowest BCUT2D eigenvalue weighted by atomic mass is 10.1. The van der Waals surface area contributed by atoms with Crippen LogP contribution < -0.4 is 10.1 Å². The molecule has 0 unspecified atom stereocenters. The Bertz CT molecular complexity index is 622. The van der Waals surface area contributed by atoms with Crippen molar-refractivity contribution in [2.24, 2.45) is 0 Å². The first-order valence-electron chi connectivity index (χ1n) is 7.43. The second-order valence-corrected chi connectivity index (χ2v) is 7.22. The van der Waals surface area contributed by atoms with Gasteiger partial charge in [0.1, 0.15) is 5.75 Å². The quantitative estimate of drug-likeness (QED) is 0.887. The third-order valence-electron chi connectivity index (χ3n) is 3.62. The Morgan fingerprint density at radius 3 is 2.64 bits per heavy atom. The first-order chi connectivity index (χ1) is 10.4. The average Bonchev–Trinajstić information content (AvgIpc) is 2.48.